The van der Waals surface area contributed by atoms with Crippen molar-refractivity contribution in [3.05, 3.63) is 70.9 Å². The van der Waals surface area contributed by atoms with Gasteiger partial charge in [-0.05, 0) is 62.8 Å². The smallest absolute Gasteiger partial charge is 0.306 e. The van der Waals surface area contributed by atoms with Crippen molar-refractivity contribution in [3.63, 3.8) is 0 Å². The summed E-state index contributed by atoms with van der Waals surface area (Å²) < 4.78 is 25.9. The second-order valence-electron chi connectivity index (χ2n) is 10.2. The van der Waals surface area contributed by atoms with Crippen LogP contribution >= 0.6 is 11.6 Å². The Morgan fingerprint density at radius 2 is 1.83 bits per heavy atom. The molecule has 1 fully saturated rings. The van der Waals surface area contributed by atoms with Gasteiger partial charge in [-0.2, -0.15) is 5.10 Å². The highest BCUT2D eigenvalue weighted by Crippen LogP contribution is 2.29. The van der Waals surface area contributed by atoms with Gasteiger partial charge in [0.15, 0.2) is 5.82 Å². The Kier molecular flexibility index (Phi) is 8.78. The summed E-state index contributed by atoms with van der Waals surface area (Å²) >= 11 is 6.37. The SMILES string of the molecule is CCOC(=O)CC1CCC(NC(=O)c2cc(Cl)cc3cnn(Cc4cnc(-c5cc(F)cc(OC)c5)nc4)c23)CC1. The molecule has 4 aromatic rings. The van der Waals surface area contributed by atoms with Crippen LogP contribution in [0.3, 0.4) is 0 Å². The van der Waals surface area contributed by atoms with Gasteiger partial charge in [-0.3, -0.25) is 14.3 Å². The molecule has 0 bridgehead atoms. The lowest BCUT2D eigenvalue weighted by Crippen LogP contribution is -2.38. The first-order valence-electron chi connectivity index (χ1n) is 13.6. The molecule has 2 aromatic heterocycles. The first-order valence-corrected chi connectivity index (χ1v) is 14.0. The summed E-state index contributed by atoms with van der Waals surface area (Å²) in [6.07, 6.45) is 8.68. The molecule has 0 unspecified atom stereocenters. The van der Waals surface area contributed by atoms with Crippen LogP contribution in [0.15, 0.2) is 48.9 Å². The fraction of sp³-hybridized carbons (Fsp3) is 0.367. The van der Waals surface area contributed by atoms with Crippen LogP contribution in [0, 0.1) is 11.7 Å². The van der Waals surface area contributed by atoms with Gasteiger partial charge in [0.2, 0.25) is 0 Å². The highest BCUT2D eigenvalue weighted by molar-refractivity contribution is 6.32. The van der Waals surface area contributed by atoms with E-state index in [1.165, 1.54) is 19.2 Å². The maximum absolute atomic E-state index is 13.9. The van der Waals surface area contributed by atoms with E-state index in [0.717, 1.165) is 36.6 Å². The van der Waals surface area contributed by atoms with Crippen LogP contribution in [0.1, 0.15) is 54.9 Å². The van der Waals surface area contributed by atoms with E-state index in [-0.39, 0.29) is 23.8 Å². The monoisotopic (exact) mass is 579 g/mol. The predicted molar refractivity (Wildman–Crippen MR) is 152 cm³/mol. The fourth-order valence-corrected chi connectivity index (χ4v) is 5.51. The molecule has 1 saturated carbocycles. The molecular weight excluding hydrogens is 549 g/mol. The lowest BCUT2D eigenvalue weighted by molar-refractivity contribution is -0.144. The quantitative estimate of drug-likeness (QED) is 0.258. The maximum atomic E-state index is 13.9. The number of aromatic nitrogens is 4. The van der Waals surface area contributed by atoms with Gasteiger partial charge in [0.25, 0.3) is 5.91 Å². The number of ether oxygens (including phenoxy) is 2. The third-order valence-electron chi connectivity index (χ3n) is 7.29. The Hall–Kier alpha value is -4.05. The molecular formula is C30H31ClFN5O4. The second kappa shape index (κ2) is 12.6. The van der Waals surface area contributed by atoms with Gasteiger partial charge in [0, 0.05) is 52.5 Å². The van der Waals surface area contributed by atoms with Crippen LogP contribution in [0.25, 0.3) is 22.3 Å². The van der Waals surface area contributed by atoms with Gasteiger partial charge in [-0.25, -0.2) is 14.4 Å². The van der Waals surface area contributed by atoms with Gasteiger partial charge in [0.1, 0.15) is 11.6 Å². The first kappa shape index (κ1) is 28.5. The first-order chi connectivity index (χ1) is 19.8. The van der Waals surface area contributed by atoms with Crippen LogP contribution in [0.5, 0.6) is 5.75 Å². The van der Waals surface area contributed by atoms with Crippen LogP contribution in [0.4, 0.5) is 4.39 Å². The van der Waals surface area contributed by atoms with E-state index in [0.29, 0.717) is 52.8 Å². The van der Waals surface area contributed by atoms with E-state index in [1.807, 2.05) is 0 Å². The summed E-state index contributed by atoms with van der Waals surface area (Å²) in [6.45, 7) is 2.51. The summed E-state index contributed by atoms with van der Waals surface area (Å²) in [5.74, 6) is 0.191. The fourth-order valence-electron chi connectivity index (χ4n) is 5.29. The molecule has 41 heavy (non-hydrogen) atoms. The molecule has 11 heteroatoms. The normalized spacial score (nSPS) is 16.9. The minimum Gasteiger partial charge on any atom is -0.497 e. The van der Waals surface area contributed by atoms with Gasteiger partial charge >= 0.3 is 5.97 Å². The van der Waals surface area contributed by atoms with Crippen molar-refractivity contribution in [1.82, 2.24) is 25.1 Å². The topological polar surface area (TPSA) is 108 Å². The number of fused-ring (bicyclic) bond motifs is 1. The number of amides is 1. The van der Waals surface area contributed by atoms with Crippen molar-refractivity contribution in [2.45, 2.75) is 51.6 Å². The van der Waals surface area contributed by atoms with Gasteiger partial charge in [-0.15, -0.1) is 0 Å². The zero-order valence-electron chi connectivity index (χ0n) is 22.9. The third-order valence-corrected chi connectivity index (χ3v) is 7.51. The van der Waals surface area contributed by atoms with Gasteiger partial charge in [-0.1, -0.05) is 11.6 Å². The number of carbonyl (C=O) groups is 2. The summed E-state index contributed by atoms with van der Waals surface area (Å²) in [4.78, 5) is 34.1. The molecule has 0 atom stereocenters. The number of carbonyl (C=O) groups excluding carboxylic acids is 2. The molecule has 5 rings (SSSR count). The van der Waals surface area contributed by atoms with Crippen molar-refractivity contribution in [3.8, 4) is 17.1 Å². The number of benzene rings is 2. The maximum Gasteiger partial charge on any atom is 0.306 e. The predicted octanol–water partition coefficient (Wildman–Crippen LogP) is 5.58. The van der Waals surface area contributed by atoms with E-state index in [1.54, 1.807) is 48.4 Å². The molecule has 1 amide bonds. The van der Waals surface area contributed by atoms with E-state index < -0.39 is 5.82 Å². The standard InChI is InChI=1S/C30H31ClFN5O4/c1-3-41-27(38)8-18-4-6-24(7-5-18)36-30(39)26-12-22(31)9-21-16-35-37(28(21)26)17-19-14-33-29(34-15-19)20-10-23(32)13-25(11-20)40-2/h9-16,18,24H,3-8,17H2,1-2H3,(H,36,39). The average Bonchev–Trinajstić information content (AvgIpc) is 3.35. The highest BCUT2D eigenvalue weighted by Gasteiger charge is 2.26. The lowest BCUT2D eigenvalue weighted by atomic mass is 9.84. The molecule has 1 N–H and O–H groups in total. The number of nitrogens with zero attached hydrogens (tertiary/aromatic N) is 4. The van der Waals surface area contributed by atoms with Crippen LogP contribution < -0.4 is 10.1 Å². The van der Waals surface area contributed by atoms with E-state index in [2.05, 4.69) is 20.4 Å². The number of rotatable bonds is 9. The molecule has 0 saturated heterocycles. The summed E-state index contributed by atoms with van der Waals surface area (Å²) in [6, 6.07) is 7.74. The van der Waals surface area contributed by atoms with Crippen LogP contribution in [-0.4, -0.2) is 51.4 Å². The van der Waals surface area contributed by atoms with Crippen molar-refractivity contribution in [2.75, 3.05) is 13.7 Å². The van der Waals surface area contributed by atoms with E-state index >= 15 is 0 Å². The summed E-state index contributed by atoms with van der Waals surface area (Å²) in [5.41, 5.74) is 2.34. The zero-order chi connectivity index (χ0) is 28.9. The lowest BCUT2D eigenvalue weighted by Gasteiger charge is -2.28. The Balaban J connectivity index is 1.30. The number of esters is 1. The second-order valence-corrected chi connectivity index (χ2v) is 10.6. The Labute approximate surface area is 242 Å². The van der Waals surface area contributed by atoms with Crippen molar-refractivity contribution >= 4 is 34.4 Å². The average molecular weight is 580 g/mol. The molecule has 2 heterocycles. The molecule has 9 nitrogen and oxygen atoms in total. The van der Waals surface area contributed by atoms with Gasteiger partial charge < -0.3 is 14.8 Å². The van der Waals surface area contributed by atoms with Crippen molar-refractivity contribution in [1.29, 1.82) is 0 Å². The number of hydrogen-bond donors (Lipinski definition) is 1. The Morgan fingerprint density at radius 1 is 1.07 bits per heavy atom. The summed E-state index contributed by atoms with van der Waals surface area (Å²) in [7, 11) is 1.47. The number of halogens is 2. The number of nitrogens with one attached hydrogen (secondary N) is 1. The minimum atomic E-state index is -0.441. The molecule has 0 radical (unpaired) electrons. The molecule has 2 aromatic carbocycles. The molecule has 1 aliphatic rings. The molecule has 0 aliphatic heterocycles. The van der Waals surface area contributed by atoms with Crippen molar-refractivity contribution in [2.24, 2.45) is 5.92 Å². The molecule has 1 aliphatic carbocycles. The molecule has 0 spiro atoms. The van der Waals surface area contributed by atoms with Crippen LogP contribution in [-0.2, 0) is 16.1 Å². The zero-order valence-corrected chi connectivity index (χ0v) is 23.7. The van der Waals surface area contributed by atoms with Crippen LogP contribution in [0.2, 0.25) is 5.02 Å². The Bertz CT molecular complexity index is 1550. The van der Waals surface area contributed by atoms with Gasteiger partial charge in [0.05, 0.1) is 37.5 Å². The summed E-state index contributed by atoms with van der Waals surface area (Å²) in [5, 5.41) is 8.84. The number of hydrogen-bond acceptors (Lipinski definition) is 7. The molecule has 214 valence electrons. The highest BCUT2D eigenvalue weighted by atomic mass is 35.5. The largest absolute Gasteiger partial charge is 0.497 e. The Morgan fingerprint density at radius 3 is 2.54 bits per heavy atom. The van der Waals surface area contributed by atoms with E-state index in [4.69, 9.17) is 21.1 Å². The van der Waals surface area contributed by atoms with E-state index in [9.17, 15) is 14.0 Å². The minimum absolute atomic E-state index is 0.00809. The third kappa shape index (κ3) is 6.82. The number of methoxy groups -OCH3 is 1. The van der Waals surface area contributed by atoms with Crippen molar-refractivity contribution < 1.29 is 23.5 Å².